The number of nitrogens with zero attached hydrogens (tertiary/aromatic N) is 2. The third kappa shape index (κ3) is 4.90. The third-order valence-electron chi connectivity index (χ3n) is 7.37. The van der Waals surface area contributed by atoms with E-state index >= 15 is 0 Å². The van der Waals surface area contributed by atoms with Crippen LogP contribution in [0.5, 0.6) is 5.75 Å². The van der Waals surface area contributed by atoms with E-state index in [4.69, 9.17) is 0 Å². The van der Waals surface area contributed by atoms with E-state index in [9.17, 15) is 39.0 Å². The van der Waals surface area contributed by atoms with Crippen LogP contribution in [0.4, 0.5) is 0 Å². The summed E-state index contributed by atoms with van der Waals surface area (Å²) in [6.07, 6.45) is 1.07. The summed E-state index contributed by atoms with van der Waals surface area (Å²) >= 11 is 0. The fourth-order valence-electron chi connectivity index (χ4n) is 5.24. The molecule has 41 heavy (non-hydrogen) atoms. The second-order valence-corrected chi connectivity index (χ2v) is 10.0. The van der Waals surface area contributed by atoms with Gasteiger partial charge in [0.05, 0.1) is 0 Å². The minimum absolute atomic E-state index is 0.0227. The topological polar surface area (TPSA) is 161 Å². The molecule has 5 amide bonds. The van der Waals surface area contributed by atoms with Gasteiger partial charge in [-0.2, -0.15) is 0 Å². The molecule has 0 bridgehead atoms. The number of rotatable bonds is 10. The van der Waals surface area contributed by atoms with Crippen molar-refractivity contribution in [1.82, 2.24) is 15.1 Å². The van der Waals surface area contributed by atoms with Gasteiger partial charge >= 0.3 is 5.97 Å². The number of aromatic hydroxyl groups is 1. The molecule has 3 aromatic rings. The monoisotopic (exact) mass is 557 g/mol. The van der Waals surface area contributed by atoms with Crippen molar-refractivity contribution in [2.75, 3.05) is 13.1 Å². The first kappa shape index (κ1) is 27.5. The van der Waals surface area contributed by atoms with Gasteiger partial charge in [0.15, 0.2) is 0 Å². The van der Waals surface area contributed by atoms with Crippen molar-refractivity contribution >= 4 is 46.3 Å². The molecule has 0 unspecified atom stereocenters. The highest BCUT2D eigenvalue weighted by Gasteiger charge is 2.39. The summed E-state index contributed by atoms with van der Waals surface area (Å²) in [4.78, 5) is 79.6. The number of carbonyl (C=O) groups excluding carboxylic acids is 5. The molecule has 0 aliphatic carbocycles. The molecule has 0 saturated heterocycles. The summed E-state index contributed by atoms with van der Waals surface area (Å²) in [5.74, 6) is -4.21. The number of amides is 5. The standard InChI is InChI=1S/C30H27N3O8/c1-2-3-13-32-26(36)18-8-10-20-25-21(11-9-19(24(18)25)27(32)37)29(39)33(28(20)38)14-12-23(35)31-22(30(40)41)15-16-4-6-17(34)7-5-16/h4-11,22,34H,2-3,12-15H2,1H3,(H,31,35)(H,40,41)/t22-/m0/s1. The Balaban J connectivity index is 1.35. The van der Waals surface area contributed by atoms with Crippen LogP contribution in [0.1, 0.15) is 73.2 Å². The van der Waals surface area contributed by atoms with Crippen LogP contribution >= 0.6 is 0 Å². The fourth-order valence-corrected chi connectivity index (χ4v) is 5.24. The zero-order valence-corrected chi connectivity index (χ0v) is 22.2. The largest absolute Gasteiger partial charge is 0.508 e. The van der Waals surface area contributed by atoms with E-state index < -0.39 is 41.5 Å². The SMILES string of the molecule is CCCCN1C(=O)c2ccc3c4c(ccc(c24)C1=O)C(=O)N(CCC(=O)N[C@@H](Cc1ccc(O)cc1)C(=O)O)C3=O. The molecular formula is C30H27N3O8. The second kappa shape index (κ2) is 10.8. The van der Waals surface area contributed by atoms with Crippen LogP contribution in [0.15, 0.2) is 48.5 Å². The zero-order valence-electron chi connectivity index (χ0n) is 22.2. The van der Waals surface area contributed by atoms with Gasteiger partial charge in [-0.15, -0.1) is 0 Å². The van der Waals surface area contributed by atoms with E-state index in [1.54, 1.807) is 12.1 Å². The van der Waals surface area contributed by atoms with E-state index in [1.165, 1.54) is 41.3 Å². The Morgan fingerprint density at radius 2 is 1.22 bits per heavy atom. The number of carbonyl (C=O) groups is 6. The molecule has 2 aliphatic rings. The summed E-state index contributed by atoms with van der Waals surface area (Å²) < 4.78 is 0. The summed E-state index contributed by atoms with van der Waals surface area (Å²) in [7, 11) is 0. The number of unbranched alkanes of at least 4 members (excludes halogenated alkanes) is 1. The average molecular weight is 558 g/mol. The Hall–Kier alpha value is -5.06. The molecule has 2 aliphatic heterocycles. The maximum Gasteiger partial charge on any atom is 0.326 e. The number of aliphatic carboxylic acids is 1. The zero-order chi connectivity index (χ0) is 29.4. The molecule has 0 radical (unpaired) electrons. The van der Waals surface area contributed by atoms with Gasteiger partial charge in [-0.25, -0.2) is 4.79 Å². The van der Waals surface area contributed by atoms with Crippen molar-refractivity contribution in [3.8, 4) is 5.75 Å². The lowest BCUT2D eigenvalue weighted by Crippen LogP contribution is -2.46. The minimum Gasteiger partial charge on any atom is -0.508 e. The molecule has 0 fully saturated rings. The maximum atomic E-state index is 13.4. The summed E-state index contributed by atoms with van der Waals surface area (Å²) in [6.45, 7) is 1.92. The van der Waals surface area contributed by atoms with Gasteiger partial charge in [-0.1, -0.05) is 25.5 Å². The number of phenolic OH excluding ortho intramolecular Hbond substituents is 1. The van der Waals surface area contributed by atoms with Crippen LogP contribution in [-0.2, 0) is 16.0 Å². The van der Waals surface area contributed by atoms with Crippen molar-refractivity contribution in [2.45, 2.75) is 38.6 Å². The first-order valence-electron chi connectivity index (χ1n) is 13.2. The smallest absolute Gasteiger partial charge is 0.326 e. The highest BCUT2D eigenvalue weighted by molar-refractivity contribution is 6.33. The van der Waals surface area contributed by atoms with Crippen molar-refractivity contribution in [1.29, 1.82) is 0 Å². The Labute approximate surface area is 234 Å². The van der Waals surface area contributed by atoms with E-state index in [2.05, 4.69) is 5.32 Å². The minimum atomic E-state index is -1.26. The average Bonchev–Trinajstić information content (AvgIpc) is 2.95. The van der Waals surface area contributed by atoms with Crippen LogP contribution < -0.4 is 5.32 Å². The van der Waals surface area contributed by atoms with Gasteiger partial charge in [-0.3, -0.25) is 33.8 Å². The fraction of sp³-hybridized carbons (Fsp3) is 0.267. The van der Waals surface area contributed by atoms with Gasteiger partial charge in [0.25, 0.3) is 23.6 Å². The molecule has 0 aromatic heterocycles. The quantitative estimate of drug-likeness (QED) is 0.321. The number of benzene rings is 3. The highest BCUT2D eigenvalue weighted by Crippen LogP contribution is 2.38. The van der Waals surface area contributed by atoms with E-state index in [-0.39, 0.29) is 64.7 Å². The van der Waals surface area contributed by atoms with Gasteiger partial charge in [0, 0.05) is 59.0 Å². The lowest BCUT2D eigenvalue weighted by atomic mass is 9.86. The van der Waals surface area contributed by atoms with E-state index in [1.807, 2.05) is 6.92 Å². The molecule has 0 saturated carbocycles. The number of imide groups is 2. The Bertz CT molecular complexity index is 1560. The number of carboxylic acids is 1. The van der Waals surface area contributed by atoms with Crippen LogP contribution in [0.3, 0.4) is 0 Å². The molecule has 210 valence electrons. The normalized spacial score (nSPS) is 15.0. The van der Waals surface area contributed by atoms with Crippen molar-refractivity contribution in [2.24, 2.45) is 0 Å². The van der Waals surface area contributed by atoms with E-state index in [0.29, 0.717) is 12.0 Å². The first-order valence-corrected chi connectivity index (χ1v) is 13.2. The number of hydrogen-bond donors (Lipinski definition) is 3. The van der Waals surface area contributed by atoms with Crippen LogP contribution in [0.25, 0.3) is 10.8 Å². The summed E-state index contributed by atoms with van der Waals surface area (Å²) in [5.41, 5.74) is 1.35. The van der Waals surface area contributed by atoms with Crippen LogP contribution in [0.2, 0.25) is 0 Å². The van der Waals surface area contributed by atoms with Crippen molar-refractivity contribution < 1.29 is 39.0 Å². The number of phenols is 1. The van der Waals surface area contributed by atoms with Gasteiger partial charge in [0.1, 0.15) is 11.8 Å². The van der Waals surface area contributed by atoms with Crippen LogP contribution in [0, 0.1) is 0 Å². The second-order valence-electron chi connectivity index (χ2n) is 10.0. The third-order valence-corrected chi connectivity index (χ3v) is 7.37. The summed E-state index contributed by atoms with van der Waals surface area (Å²) in [5, 5.41) is 21.9. The van der Waals surface area contributed by atoms with E-state index in [0.717, 1.165) is 11.3 Å². The number of hydrogen-bond acceptors (Lipinski definition) is 7. The molecule has 3 N–H and O–H groups in total. The van der Waals surface area contributed by atoms with Crippen molar-refractivity contribution in [3.05, 3.63) is 76.3 Å². The molecule has 2 heterocycles. The van der Waals surface area contributed by atoms with Crippen LogP contribution in [-0.4, -0.2) is 74.6 Å². The lowest BCUT2D eigenvalue weighted by molar-refractivity contribution is -0.141. The Morgan fingerprint density at radius 3 is 1.66 bits per heavy atom. The first-order chi connectivity index (χ1) is 19.6. The van der Waals surface area contributed by atoms with Crippen molar-refractivity contribution in [3.63, 3.8) is 0 Å². The molecule has 0 spiro atoms. The maximum absolute atomic E-state index is 13.4. The summed E-state index contributed by atoms with van der Waals surface area (Å²) in [6, 6.07) is 10.5. The molecule has 3 aromatic carbocycles. The Morgan fingerprint density at radius 1 is 0.756 bits per heavy atom. The molecule has 5 rings (SSSR count). The lowest BCUT2D eigenvalue weighted by Gasteiger charge is -2.32. The molecular weight excluding hydrogens is 530 g/mol. The predicted molar refractivity (Wildman–Crippen MR) is 146 cm³/mol. The van der Waals surface area contributed by atoms with Gasteiger partial charge < -0.3 is 15.5 Å². The molecule has 1 atom stereocenters. The highest BCUT2D eigenvalue weighted by atomic mass is 16.4. The van der Waals surface area contributed by atoms with Gasteiger partial charge in [-0.05, 0) is 48.4 Å². The Kier molecular flexibility index (Phi) is 7.27. The number of carboxylic acid groups (broad SMARTS) is 1. The molecule has 11 nitrogen and oxygen atoms in total. The number of nitrogens with one attached hydrogen (secondary N) is 1. The molecule has 11 heteroatoms. The van der Waals surface area contributed by atoms with Gasteiger partial charge in [0.2, 0.25) is 5.91 Å². The predicted octanol–water partition coefficient (Wildman–Crippen LogP) is 2.74.